The van der Waals surface area contributed by atoms with Gasteiger partial charge in [0.25, 0.3) is 0 Å². The fourth-order valence-electron chi connectivity index (χ4n) is 2.05. The van der Waals surface area contributed by atoms with E-state index >= 15 is 0 Å². The second kappa shape index (κ2) is 4.90. The molecule has 1 heterocycles. The van der Waals surface area contributed by atoms with Gasteiger partial charge in [-0.2, -0.15) is 0 Å². The highest BCUT2D eigenvalue weighted by Crippen LogP contribution is 2.31. The summed E-state index contributed by atoms with van der Waals surface area (Å²) in [6.07, 6.45) is 3.39. The highest BCUT2D eigenvalue weighted by atomic mass is 79.9. The van der Waals surface area contributed by atoms with E-state index in [1.54, 1.807) is 12.4 Å². The van der Waals surface area contributed by atoms with Crippen LogP contribution in [0.5, 0.6) is 0 Å². The number of aromatic nitrogens is 1. The van der Waals surface area contributed by atoms with Crippen LogP contribution in [0.3, 0.4) is 0 Å². The minimum absolute atomic E-state index is 0.645. The van der Waals surface area contributed by atoms with Crippen molar-refractivity contribution in [1.82, 2.24) is 4.98 Å². The molecule has 19 heavy (non-hydrogen) atoms. The number of nitrogen functional groups attached to an aromatic ring is 1. The smallest absolute Gasteiger partial charge is 0.0591 e. The molecule has 4 heteroatoms. The maximum atomic E-state index is 5.74. The molecule has 0 fully saturated rings. The van der Waals surface area contributed by atoms with Crippen LogP contribution in [0.4, 0.5) is 17.1 Å². The number of nitrogens with two attached hydrogens (primary N) is 1. The van der Waals surface area contributed by atoms with Gasteiger partial charge in [0.15, 0.2) is 0 Å². The molecular weight excluding hydrogens is 302 g/mol. The Bertz CT molecular complexity index is 740. The van der Waals surface area contributed by atoms with Gasteiger partial charge in [0.2, 0.25) is 0 Å². The lowest BCUT2D eigenvalue weighted by Gasteiger charge is -2.11. The predicted octanol–water partition coefficient (Wildman–Crippen LogP) is 4.32. The quantitative estimate of drug-likeness (QED) is 0.740. The van der Waals surface area contributed by atoms with E-state index in [0.29, 0.717) is 5.69 Å². The summed E-state index contributed by atoms with van der Waals surface area (Å²) in [6, 6.07) is 14.2. The number of fused-ring (bicyclic) bond motifs is 1. The first-order chi connectivity index (χ1) is 9.24. The number of anilines is 3. The highest BCUT2D eigenvalue weighted by Gasteiger charge is 2.04. The number of nitrogens with zero attached hydrogens (tertiary/aromatic N) is 1. The third-order valence-corrected chi connectivity index (χ3v) is 3.60. The number of hydrogen-bond donors (Lipinski definition) is 2. The molecule has 0 aliphatic rings. The average Bonchev–Trinajstić information content (AvgIpc) is 2.42. The van der Waals surface area contributed by atoms with E-state index in [0.717, 1.165) is 21.2 Å². The Hall–Kier alpha value is -2.07. The number of nitrogens with one attached hydrogen (secondary N) is 1. The zero-order chi connectivity index (χ0) is 13.2. The van der Waals surface area contributed by atoms with Crippen molar-refractivity contribution in [3.63, 3.8) is 0 Å². The SMILES string of the molecule is Nc1cncc(Nc2ccc(Br)c3ccccc23)c1. The lowest BCUT2D eigenvalue weighted by atomic mass is 10.1. The first kappa shape index (κ1) is 12.0. The highest BCUT2D eigenvalue weighted by molar-refractivity contribution is 9.10. The molecule has 0 saturated carbocycles. The molecule has 3 nitrogen and oxygen atoms in total. The van der Waals surface area contributed by atoms with Gasteiger partial charge >= 0.3 is 0 Å². The Balaban J connectivity index is 2.09. The van der Waals surface area contributed by atoms with Crippen LogP contribution in [0.1, 0.15) is 0 Å². The molecule has 0 saturated heterocycles. The van der Waals surface area contributed by atoms with Crippen molar-refractivity contribution >= 4 is 43.8 Å². The van der Waals surface area contributed by atoms with Gasteiger partial charge in [0, 0.05) is 21.7 Å². The van der Waals surface area contributed by atoms with Gasteiger partial charge in [-0.25, -0.2) is 0 Å². The summed E-state index contributed by atoms with van der Waals surface area (Å²) in [5, 5.41) is 5.67. The maximum absolute atomic E-state index is 5.74. The molecule has 2 aromatic carbocycles. The molecule has 0 spiro atoms. The van der Waals surface area contributed by atoms with Gasteiger partial charge in [0.05, 0.1) is 17.6 Å². The zero-order valence-corrected chi connectivity index (χ0v) is 11.7. The molecule has 0 amide bonds. The summed E-state index contributed by atoms with van der Waals surface area (Å²) in [7, 11) is 0. The molecule has 3 aromatic rings. The van der Waals surface area contributed by atoms with Crippen molar-refractivity contribution in [2.24, 2.45) is 0 Å². The second-order valence-corrected chi connectivity index (χ2v) is 5.13. The Morgan fingerprint density at radius 1 is 1.00 bits per heavy atom. The van der Waals surface area contributed by atoms with Crippen LogP contribution >= 0.6 is 15.9 Å². The lowest BCUT2D eigenvalue weighted by Crippen LogP contribution is -1.94. The Morgan fingerprint density at radius 2 is 1.79 bits per heavy atom. The van der Waals surface area contributed by atoms with Crippen LogP contribution < -0.4 is 11.1 Å². The topological polar surface area (TPSA) is 50.9 Å². The van der Waals surface area contributed by atoms with Crippen LogP contribution in [-0.4, -0.2) is 4.98 Å². The van der Waals surface area contributed by atoms with Gasteiger partial charge in [-0.1, -0.05) is 40.2 Å². The molecule has 0 aliphatic heterocycles. The van der Waals surface area contributed by atoms with Gasteiger partial charge < -0.3 is 11.1 Å². The van der Waals surface area contributed by atoms with Gasteiger partial charge in [-0.05, 0) is 23.6 Å². The van der Waals surface area contributed by atoms with E-state index in [1.165, 1.54) is 5.39 Å². The van der Waals surface area contributed by atoms with Crippen molar-refractivity contribution in [3.8, 4) is 0 Å². The largest absolute Gasteiger partial charge is 0.397 e. The van der Waals surface area contributed by atoms with Crippen LogP contribution in [0.25, 0.3) is 10.8 Å². The van der Waals surface area contributed by atoms with Crippen LogP contribution in [0.2, 0.25) is 0 Å². The van der Waals surface area contributed by atoms with E-state index in [9.17, 15) is 0 Å². The molecule has 94 valence electrons. The summed E-state index contributed by atoms with van der Waals surface area (Å²) in [4.78, 5) is 4.08. The lowest BCUT2D eigenvalue weighted by molar-refractivity contribution is 1.33. The number of benzene rings is 2. The standard InChI is InChI=1S/C15H12BrN3/c16-14-5-6-15(13-4-2-1-3-12(13)14)19-11-7-10(17)8-18-9-11/h1-9,19H,17H2. The van der Waals surface area contributed by atoms with E-state index in [-0.39, 0.29) is 0 Å². The normalized spacial score (nSPS) is 10.6. The van der Waals surface area contributed by atoms with Crippen LogP contribution in [0, 0.1) is 0 Å². The van der Waals surface area contributed by atoms with Crippen LogP contribution in [-0.2, 0) is 0 Å². The maximum Gasteiger partial charge on any atom is 0.0591 e. The van der Waals surface area contributed by atoms with Crippen molar-refractivity contribution in [1.29, 1.82) is 0 Å². The molecule has 3 N–H and O–H groups in total. The number of rotatable bonds is 2. The zero-order valence-electron chi connectivity index (χ0n) is 10.1. The molecular formula is C15H12BrN3. The third-order valence-electron chi connectivity index (χ3n) is 2.91. The molecule has 1 aromatic heterocycles. The van der Waals surface area contributed by atoms with Crippen molar-refractivity contribution in [2.45, 2.75) is 0 Å². The van der Waals surface area contributed by atoms with E-state index in [1.807, 2.05) is 30.3 Å². The summed E-state index contributed by atoms with van der Waals surface area (Å²) in [6.45, 7) is 0. The van der Waals surface area contributed by atoms with Crippen molar-refractivity contribution < 1.29 is 0 Å². The first-order valence-corrected chi connectivity index (χ1v) is 6.68. The summed E-state index contributed by atoms with van der Waals surface area (Å²) >= 11 is 3.57. The molecule has 0 atom stereocenters. The number of pyridine rings is 1. The van der Waals surface area contributed by atoms with Gasteiger partial charge in [0.1, 0.15) is 0 Å². The monoisotopic (exact) mass is 313 g/mol. The summed E-state index contributed by atoms with van der Waals surface area (Å²) in [5.74, 6) is 0. The van der Waals surface area contributed by atoms with E-state index in [2.05, 4.69) is 38.4 Å². The Morgan fingerprint density at radius 3 is 2.58 bits per heavy atom. The Kier molecular flexibility index (Phi) is 3.09. The Labute approximate surface area is 119 Å². The average molecular weight is 314 g/mol. The predicted molar refractivity (Wildman–Crippen MR) is 83.6 cm³/mol. The van der Waals surface area contributed by atoms with Gasteiger partial charge in [-0.15, -0.1) is 0 Å². The third kappa shape index (κ3) is 2.39. The minimum atomic E-state index is 0.645. The summed E-state index contributed by atoms with van der Waals surface area (Å²) in [5.41, 5.74) is 8.30. The molecule has 0 radical (unpaired) electrons. The molecule has 0 bridgehead atoms. The fourth-order valence-corrected chi connectivity index (χ4v) is 2.53. The van der Waals surface area contributed by atoms with Crippen molar-refractivity contribution in [3.05, 3.63) is 59.3 Å². The second-order valence-electron chi connectivity index (χ2n) is 4.27. The molecule has 0 unspecified atom stereocenters. The van der Waals surface area contributed by atoms with Crippen LogP contribution in [0.15, 0.2) is 59.3 Å². The van der Waals surface area contributed by atoms with E-state index < -0.39 is 0 Å². The van der Waals surface area contributed by atoms with Crippen molar-refractivity contribution in [2.75, 3.05) is 11.1 Å². The summed E-state index contributed by atoms with van der Waals surface area (Å²) < 4.78 is 1.08. The molecule has 3 rings (SSSR count). The number of hydrogen-bond acceptors (Lipinski definition) is 3. The fraction of sp³-hybridized carbons (Fsp3) is 0. The number of halogens is 1. The van der Waals surface area contributed by atoms with Gasteiger partial charge in [-0.3, -0.25) is 4.98 Å². The molecule has 0 aliphatic carbocycles. The van der Waals surface area contributed by atoms with E-state index in [4.69, 9.17) is 5.73 Å². The minimum Gasteiger partial charge on any atom is -0.397 e. The first-order valence-electron chi connectivity index (χ1n) is 5.89.